The van der Waals surface area contributed by atoms with Gasteiger partial charge in [-0.2, -0.15) is 0 Å². The maximum absolute atomic E-state index is 12.5. The fourth-order valence-corrected chi connectivity index (χ4v) is 2.39. The van der Waals surface area contributed by atoms with Gasteiger partial charge in [-0.1, -0.05) is 48.5 Å². The highest BCUT2D eigenvalue weighted by molar-refractivity contribution is 6.04. The van der Waals surface area contributed by atoms with Gasteiger partial charge in [0.15, 0.2) is 0 Å². The second-order valence-corrected chi connectivity index (χ2v) is 5.08. The van der Waals surface area contributed by atoms with Gasteiger partial charge < -0.3 is 14.9 Å². The quantitative estimate of drug-likeness (QED) is 0.717. The Balaban J connectivity index is 1.99. The lowest BCUT2D eigenvalue weighted by molar-refractivity contribution is -0.147. The molecule has 120 valence electrons. The fourth-order valence-electron chi connectivity index (χ4n) is 2.39. The zero-order valence-electron chi connectivity index (χ0n) is 12.4. The Kier molecular flexibility index (Phi) is 4.11. The van der Waals surface area contributed by atoms with Crippen molar-refractivity contribution in [1.82, 2.24) is 4.98 Å². The van der Waals surface area contributed by atoms with Crippen LogP contribution >= 0.6 is 0 Å². The van der Waals surface area contributed by atoms with Crippen LogP contribution in [-0.4, -0.2) is 27.1 Å². The van der Waals surface area contributed by atoms with Crippen LogP contribution in [0.15, 0.2) is 60.7 Å². The van der Waals surface area contributed by atoms with E-state index >= 15 is 0 Å². The summed E-state index contributed by atoms with van der Waals surface area (Å²) < 4.78 is 5.17. The standard InChI is InChI=1S/C18H13NO5/c20-15-10-13(12-8-4-5-9-14(12)19-15)18(23)24-16(17(21)22)11-6-2-1-3-7-11/h1-10,16H,(H,19,20)(H,21,22). The fraction of sp³-hybridized carbons (Fsp3) is 0.0556. The first-order chi connectivity index (χ1) is 11.6. The van der Waals surface area contributed by atoms with Gasteiger partial charge in [-0.05, 0) is 6.07 Å². The van der Waals surface area contributed by atoms with Crippen LogP contribution in [0.2, 0.25) is 0 Å². The number of aromatic nitrogens is 1. The van der Waals surface area contributed by atoms with Crippen molar-refractivity contribution in [3.05, 3.63) is 71.8 Å². The Hall–Kier alpha value is -3.41. The molecule has 24 heavy (non-hydrogen) atoms. The van der Waals surface area contributed by atoms with Gasteiger partial charge >= 0.3 is 11.9 Å². The molecule has 0 bridgehead atoms. The highest BCUT2D eigenvalue weighted by Gasteiger charge is 2.26. The number of carbonyl (C=O) groups is 2. The molecule has 0 saturated heterocycles. The number of hydrogen-bond donors (Lipinski definition) is 2. The SMILES string of the molecule is O=C(OC(C(=O)O)c1ccccc1)c1cc(O)nc2ccccc12. The number of carboxylic acid groups (broad SMARTS) is 1. The van der Waals surface area contributed by atoms with Crippen molar-refractivity contribution in [3.63, 3.8) is 0 Å². The second kappa shape index (κ2) is 6.37. The first-order valence-corrected chi connectivity index (χ1v) is 7.14. The van der Waals surface area contributed by atoms with Crippen LogP contribution in [0, 0.1) is 0 Å². The zero-order chi connectivity index (χ0) is 17.1. The minimum atomic E-state index is -1.44. The normalized spacial score (nSPS) is 11.8. The molecule has 1 aromatic heterocycles. The molecule has 1 heterocycles. The Morgan fingerprint density at radius 3 is 2.38 bits per heavy atom. The van der Waals surface area contributed by atoms with Crippen molar-refractivity contribution >= 4 is 22.8 Å². The van der Waals surface area contributed by atoms with Gasteiger partial charge in [0.05, 0.1) is 11.1 Å². The lowest BCUT2D eigenvalue weighted by Gasteiger charge is -2.15. The molecule has 0 amide bonds. The number of aliphatic carboxylic acids is 1. The van der Waals surface area contributed by atoms with Crippen LogP contribution in [0.1, 0.15) is 22.0 Å². The third-order valence-electron chi connectivity index (χ3n) is 3.47. The molecule has 6 heteroatoms. The summed E-state index contributed by atoms with van der Waals surface area (Å²) in [5, 5.41) is 19.5. The summed E-state index contributed by atoms with van der Waals surface area (Å²) in [5.41, 5.74) is 0.817. The highest BCUT2D eigenvalue weighted by atomic mass is 16.6. The summed E-state index contributed by atoms with van der Waals surface area (Å²) in [4.78, 5) is 27.9. The Morgan fingerprint density at radius 2 is 1.67 bits per heavy atom. The van der Waals surface area contributed by atoms with Crippen molar-refractivity contribution in [3.8, 4) is 5.88 Å². The molecule has 0 saturated carbocycles. The molecular formula is C18H13NO5. The van der Waals surface area contributed by atoms with Gasteiger partial charge in [-0.15, -0.1) is 0 Å². The minimum absolute atomic E-state index is 0.0558. The van der Waals surface area contributed by atoms with Gasteiger partial charge in [0, 0.05) is 17.0 Å². The Labute approximate surface area is 137 Å². The summed E-state index contributed by atoms with van der Waals surface area (Å²) in [6.45, 7) is 0. The molecule has 3 rings (SSSR count). The number of hydrogen-bond acceptors (Lipinski definition) is 5. The molecule has 1 atom stereocenters. The number of benzene rings is 2. The summed E-state index contributed by atoms with van der Waals surface area (Å²) in [7, 11) is 0. The number of aromatic hydroxyl groups is 1. The molecule has 2 N–H and O–H groups in total. The molecule has 0 aliphatic carbocycles. The van der Waals surface area contributed by atoms with Gasteiger partial charge in [-0.3, -0.25) is 0 Å². The van der Waals surface area contributed by atoms with E-state index in [-0.39, 0.29) is 11.4 Å². The van der Waals surface area contributed by atoms with Crippen LogP contribution in [0.3, 0.4) is 0 Å². The van der Waals surface area contributed by atoms with Crippen LogP contribution in [0.5, 0.6) is 5.88 Å². The number of ether oxygens (including phenoxy) is 1. The molecule has 0 radical (unpaired) electrons. The van der Waals surface area contributed by atoms with Crippen molar-refractivity contribution < 1.29 is 24.5 Å². The Morgan fingerprint density at radius 1 is 1.00 bits per heavy atom. The van der Waals surface area contributed by atoms with Crippen molar-refractivity contribution in [2.24, 2.45) is 0 Å². The van der Waals surface area contributed by atoms with Crippen LogP contribution < -0.4 is 0 Å². The zero-order valence-corrected chi connectivity index (χ0v) is 12.4. The molecule has 3 aromatic rings. The number of esters is 1. The van der Waals surface area contributed by atoms with Gasteiger partial charge in [0.2, 0.25) is 12.0 Å². The monoisotopic (exact) mass is 323 g/mol. The Bertz CT molecular complexity index is 908. The largest absolute Gasteiger partial charge is 0.493 e. The highest BCUT2D eigenvalue weighted by Crippen LogP contribution is 2.25. The van der Waals surface area contributed by atoms with E-state index in [0.717, 1.165) is 6.07 Å². The first-order valence-electron chi connectivity index (χ1n) is 7.14. The maximum atomic E-state index is 12.5. The van der Waals surface area contributed by atoms with Gasteiger partial charge in [0.25, 0.3) is 0 Å². The minimum Gasteiger partial charge on any atom is -0.493 e. The lowest BCUT2D eigenvalue weighted by Crippen LogP contribution is -2.19. The predicted octanol–water partition coefficient (Wildman–Crippen LogP) is 2.92. The first kappa shape index (κ1) is 15.5. The number of para-hydroxylation sites is 1. The number of fused-ring (bicyclic) bond motifs is 1. The third kappa shape index (κ3) is 3.03. The molecule has 0 fully saturated rings. The number of carboxylic acids is 1. The smallest absolute Gasteiger partial charge is 0.349 e. The van der Waals surface area contributed by atoms with E-state index in [1.54, 1.807) is 54.6 Å². The van der Waals surface area contributed by atoms with E-state index in [9.17, 15) is 19.8 Å². The van der Waals surface area contributed by atoms with E-state index in [1.165, 1.54) is 0 Å². The van der Waals surface area contributed by atoms with E-state index < -0.39 is 18.0 Å². The van der Waals surface area contributed by atoms with Gasteiger partial charge in [-0.25, -0.2) is 14.6 Å². The number of rotatable bonds is 4. The summed E-state index contributed by atoms with van der Waals surface area (Å²) in [6.07, 6.45) is -1.44. The molecule has 6 nitrogen and oxygen atoms in total. The summed E-state index contributed by atoms with van der Waals surface area (Å²) >= 11 is 0. The average molecular weight is 323 g/mol. The molecule has 2 aromatic carbocycles. The van der Waals surface area contributed by atoms with E-state index in [0.29, 0.717) is 16.5 Å². The second-order valence-electron chi connectivity index (χ2n) is 5.08. The summed E-state index contributed by atoms with van der Waals surface area (Å²) in [5.74, 6) is -2.47. The molecule has 1 unspecified atom stereocenters. The number of nitrogens with zero attached hydrogens (tertiary/aromatic N) is 1. The topological polar surface area (TPSA) is 96.7 Å². The van der Waals surface area contributed by atoms with Crippen molar-refractivity contribution in [1.29, 1.82) is 0 Å². The van der Waals surface area contributed by atoms with E-state index in [4.69, 9.17) is 4.74 Å². The van der Waals surface area contributed by atoms with Crippen molar-refractivity contribution in [2.45, 2.75) is 6.10 Å². The average Bonchev–Trinajstić information content (AvgIpc) is 2.59. The molecule has 0 spiro atoms. The predicted molar refractivity (Wildman–Crippen MR) is 85.6 cm³/mol. The van der Waals surface area contributed by atoms with Crippen LogP contribution in [-0.2, 0) is 9.53 Å². The molecule has 0 aliphatic heterocycles. The summed E-state index contributed by atoms with van der Waals surface area (Å²) in [6, 6.07) is 16.1. The van der Waals surface area contributed by atoms with Crippen LogP contribution in [0.4, 0.5) is 0 Å². The van der Waals surface area contributed by atoms with E-state index in [2.05, 4.69) is 4.98 Å². The molecule has 0 aliphatic rings. The number of pyridine rings is 1. The van der Waals surface area contributed by atoms with Crippen molar-refractivity contribution in [2.75, 3.05) is 0 Å². The lowest BCUT2D eigenvalue weighted by atomic mass is 10.1. The van der Waals surface area contributed by atoms with Gasteiger partial charge in [0.1, 0.15) is 0 Å². The van der Waals surface area contributed by atoms with Crippen LogP contribution in [0.25, 0.3) is 10.9 Å². The van der Waals surface area contributed by atoms with E-state index in [1.807, 2.05) is 0 Å². The molecular weight excluding hydrogens is 310 g/mol. The number of carbonyl (C=O) groups excluding carboxylic acids is 1. The third-order valence-corrected chi connectivity index (χ3v) is 3.47. The maximum Gasteiger partial charge on any atom is 0.349 e.